The van der Waals surface area contributed by atoms with Crippen LogP contribution in [-0.2, 0) is 16.8 Å². The minimum atomic E-state index is -0.938. The van der Waals surface area contributed by atoms with E-state index in [0.717, 1.165) is 38.3 Å². The summed E-state index contributed by atoms with van der Waals surface area (Å²) in [5.74, 6) is -1.66. The van der Waals surface area contributed by atoms with Crippen LogP contribution in [0.15, 0.2) is 54.6 Å². The smallest absolute Gasteiger partial charge is 0.217 e. The number of rotatable bonds is 9. The van der Waals surface area contributed by atoms with Crippen molar-refractivity contribution < 1.29 is 18.7 Å². The number of nitrogens with one attached hydrogen (secondary N) is 3. The molecular weight excluding hydrogens is 448 g/mol. The SMILES string of the molecule is CC(=O)NC(Cc1cc(F)cc(F)c1)C(O)CNC1(c2cccc(C3C=CCN3)c2)CCCCC1. The molecule has 0 bridgehead atoms. The van der Waals surface area contributed by atoms with Crippen molar-refractivity contribution in [2.75, 3.05) is 13.1 Å². The molecule has 4 rings (SSSR count). The van der Waals surface area contributed by atoms with Crippen molar-refractivity contribution in [3.63, 3.8) is 0 Å². The predicted octanol–water partition coefficient (Wildman–Crippen LogP) is 4.02. The van der Waals surface area contributed by atoms with Gasteiger partial charge < -0.3 is 21.1 Å². The highest BCUT2D eigenvalue weighted by Gasteiger charge is 2.35. The van der Waals surface area contributed by atoms with Crippen molar-refractivity contribution in [3.05, 3.63) is 82.9 Å². The Kier molecular flexibility index (Phi) is 8.31. The van der Waals surface area contributed by atoms with Gasteiger partial charge in [0.2, 0.25) is 5.91 Å². The van der Waals surface area contributed by atoms with Crippen LogP contribution in [0.1, 0.15) is 61.8 Å². The molecule has 3 unspecified atom stereocenters. The lowest BCUT2D eigenvalue weighted by molar-refractivity contribution is -0.120. The summed E-state index contributed by atoms with van der Waals surface area (Å²) in [6, 6.07) is 11.4. The van der Waals surface area contributed by atoms with Crippen molar-refractivity contribution in [1.82, 2.24) is 16.0 Å². The van der Waals surface area contributed by atoms with Crippen LogP contribution >= 0.6 is 0 Å². The number of hydrogen-bond donors (Lipinski definition) is 4. The molecular formula is C28H35F2N3O2. The zero-order valence-electron chi connectivity index (χ0n) is 20.2. The third-order valence-electron chi connectivity index (χ3n) is 7.17. The summed E-state index contributed by atoms with van der Waals surface area (Å²) in [4.78, 5) is 11.8. The second kappa shape index (κ2) is 11.4. The fourth-order valence-corrected chi connectivity index (χ4v) is 5.42. The average Bonchev–Trinajstić information content (AvgIpc) is 3.37. The number of carbonyl (C=O) groups is 1. The minimum absolute atomic E-state index is 0.124. The number of hydrogen-bond acceptors (Lipinski definition) is 4. The van der Waals surface area contributed by atoms with Crippen molar-refractivity contribution in [1.29, 1.82) is 0 Å². The van der Waals surface area contributed by atoms with Gasteiger partial charge in [0, 0.05) is 31.6 Å². The van der Waals surface area contributed by atoms with Gasteiger partial charge in [-0.1, -0.05) is 55.7 Å². The van der Waals surface area contributed by atoms with E-state index >= 15 is 0 Å². The molecule has 2 aromatic carbocycles. The fourth-order valence-electron chi connectivity index (χ4n) is 5.42. The molecule has 5 nitrogen and oxygen atoms in total. The molecule has 0 spiro atoms. The van der Waals surface area contributed by atoms with Gasteiger partial charge in [0.25, 0.3) is 0 Å². The second-order valence-corrected chi connectivity index (χ2v) is 9.82. The molecule has 35 heavy (non-hydrogen) atoms. The number of aliphatic hydroxyl groups is 1. The molecule has 1 amide bonds. The zero-order valence-corrected chi connectivity index (χ0v) is 20.2. The Morgan fingerprint density at radius 1 is 1.14 bits per heavy atom. The molecule has 0 radical (unpaired) electrons. The van der Waals surface area contributed by atoms with Gasteiger partial charge in [-0.25, -0.2) is 8.78 Å². The molecule has 4 N–H and O–H groups in total. The van der Waals surface area contributed by atoms with Crippen LogP contribution in [0.5, 0.6) is 0 Å². The average molecular weight is 484 g/mol. The number of aliphatic hydroxyl groups excluding tert-OH is 1. The van der Waals surface area contributed by atoms with Crippen LogP contribution < -0.4 is 16.0 Å². The highest BCUT2D eigenvalue weighted by atomic mass is 19.1. The van der Waals surface area contributed by atoms with Crippen LogP contribution in [0, 0.1) is 11.6 Å². The first-order chi connectivity index (χ1) is 16.8. The van der Waals surface area contributed by atoms with E-state index in [1.54, 1.807) is 0 Å². The van der Waals surface area contributed by atoms with Gasteiger partial charge in [-0.05, 0) is 48.1 Å². The van der Waals surface area contributed by atoms with Gasteiger partial charge in [0.1, 0.15) is 11.6 Å². The maximum Gasteiger partial charge on any atom is 0.217 e. The van der Waals surface area contributed by atoms with Gasteiger partial charge in [-0.3, -0.25) is 4.79 Å². The van der Waals surface area contributed by atoms with Gasteiger partial charge in [-0.15, -0.1) is 0 Å². The summed E-state index contributed by atoms with van der Waals surface area (Å²) in [6.07, 6.45) is 8.77. The molecule has 0 aromatic heterocycles. The van der Waals surface area contributed by atoms with Gasteiger partial charge in [-0.2, -0.15) is 0 Å². The number of halogens is 2. The Morgan fingerprint density at radius 3 is 2.54 bits per heavy atom. The molecule has 2 aromatic rings. The maximum absolute atomic E-state index is 13.7. The Morgan fingerprint density at radius 2 is 1.89 bits per heavy atom. The first-order valence-electron chi connectivity index (χ1n) is 12.5. The third kappa shape index (κ3) is 6.54. The van der Waals surface area contributed by atoms with E-state index in [1.165, 1.54) is 36.6 Å². The Hall–Kier alpha value is -2.61. The van der Waals surface area contributed by atoms with Gasteiger partial charge >= 0.3 is 0 Å². The van der Waals surface area contributed by atoms with Crippen LogP contribution in [0.2, 0.25) is 0 Å². The van der Waals surface area contributed by atoms with Crippen molar-refractivity contribution >= 4 is 5.91 Å². The standard InChI is InChI=1S/C28H35F2N3O2/c1-19(34)33-26(15-20-13-23(29)17-24(30)14-20)27(35)18-32-28(10-3-2-4-11-28)22-8-5-7-21(16-22)25-9-6-12-31-25/h5-9,13-14,16-17,25-27,31-32,35H,2-4,10-12,15,18H2,1H3,(H,33,34). The molecule has 1 aliphatic carbocycles. The Balaban J connectivity index is 1.51. The summed E-state index contributed by atoms with van der Waals surface area (Å²) in [5.41, 5.74) is 2.53. The topological polar surface area (TPSA) is 73.4 Å². The molecule has 2 aliphatic rings. The van der Waals surface area contributed by atoms with Crippen molar-refractivity contribution in [3.8, 4) is 0 Å². The number of amides is 1. The lowest BCUT2D eigenvalue weighted by Gasteiger charge is -2.40. The van der Waals surface area contributed by atoms with Crippen molar-refractivity contribution in [2.45, 2.75) is 69.2 Å². The first kappa shape index (κ1) is 25.5. The molecule has 1 aliphatic heterocycles. The molecule has 3 atom stereocenters. The van der Waals surface area contributed by atoms with Crippen molar-refractivity contribution in [2.24, 2.45) is 0 Å². The summed E-state index contributed by atoms with van der Waals surface area (Å²) in [7, 11) is 0. The molecule has 0 saturated heterocycles. The van der Waals surface area contributed by atoms with Crippen LogP contribution in [0.4, 0.5) is 8.78 Å². The van der Waals surface area contributed by atoms with E-state index in [0.29, 0.717) is 5.56 Å². The first-order valence-corrected chi connectivity index (χ1v) is 12.5. The second-order valence-electron chi connectivity index (χ2n) is 9.82. The van der Waals surface area contributed by atoms with E-state index in [1.807, 2.05) is 0 Å². The lowest BCUT2D eigenvalue weighted by atomic mass is 9.75. The molecule has 7 heteroatoms. The monoisotopic (exact) mass is 483 g/mol. The van der Waals surface area contributed by atoms with E-state index in [9.17, 15) is 18.7 Å². The van der Waals surface area contributed by atoms with Crippen LogP contribution in [0.25, 0.3) is 0 Å². The molecule has 1 fully saturated rings. The summed E-state index contributed by atoms with van der Waals surface area (Å²) < 4.78 is 27.4. The summed E-state index contributed by atoms with van der Waals surface area (Å²) >= 11 is 0. The highest BCUT2D eigenvalue weighted by Crippen LogP contribution is 2.38. The van der Waals surface area contributed by atoms with Crippen LogP contribution in [0.3, 0.4) is 0 Å². The quantitative estimate of drug-likeness (QED) is 0.407. The van der Waals surface area contributed by atoms with E-state index in [4.69, 9.17) is 0 Å². The van der Waals surface area contributed by atoms with Crippen LogP contribution in [-0.4, -0.2) is 36.2 Å². The predicted molar refractivity (Wildman–Crippen MR) is 133 cm³/mol. The lowest BCUT2D eigenvalue weighted by Crippen LogP contribution is -2.53. The number of benzene rings is 2. The Bertz CT molecular complexity index is 1030. The highest BCUT2D eigenvalue weighted by molar-refractivity contribution is 5.73. The maximum atomic E-state index is 13.7. The minimum Gasteiger partial charge on any atom is -0.390 e. The molecule has 188 valence electrons. The largest absolute Gasteiger partial charge is 0.390 e. The van der Waals surface area contributed by atoms with Gasteiger partial charge in [0.05, 0.1) is 18.2 Å². The third-order valence-corrected chi connectivity index (χ3v) is 7.17. The van der Waals surface area contributed by atoms with E-state index in [2.05, 4.69) is 52.4 Å². The van der Waals surface area contributed by atoms with E-state index < -0.39 is 23.8 Å². The summed E-state index contributed by atoms with van der Waals surface area (Å²) in [5, 5.41) is 21.0. The molecule has 1 heterocycles. The fraction of sp³-hybridized carbons (Fsp3) is 0.464. The molecule has 1 saturated carbocycles. The normalized spacial score (nSPS) is 21.0. The van der Waals surface area contributed by atoms with E-state index in [-0.39, 0.29) is 30.5 Å². The zero-order chi connectivity index (χ0) is 24.8. The number of carbonyl (C=O) groups excluding carboxylic acids is 1. The van der Waals surface area contributed by atoms with Gasteiger partial charge in [0.15, 0.2) is 0 Å². The Labute approximate surface area is 206 Å². The summed E-state index contributed by atoms with van der Waals surface area (Å²) in [6.45, 7) is 2.48.